The Labute approximate surface area is 155 Å². The van der Waals surface area contributed by atoms with Crippen molar-refractivity contribution < 1.29 is 49.3 Å². The van der Waals surface area contributed by atoms with Crippen molar-refractivity contribution in [1.82, 2.24) is 0 Å². The van der Waals surface area contributed by atoms with Crippen molar-refractivity contribution in [1.29, 1.82) is 0 Å². The highest BCUT2D eigenvalue weighted by molar-refractivity contribution is 5.89. The molecule has 0 unspecified atom stereocenters. The first-order chi connectivity index (χ1) is 12.8. The smallest absolute Gasteiger partial charge is 0.337 e. The molecule has 1 aliphatic carbocycles. The third kappa shape index (κ3) is 3.58. The van der Waals surface area contributed by atoms with E-state index in [2.05, 4.69) is 0 Å². The maximum Gasteiger partial charge on any atom is 0.337 e. The van der Waals surface area contributed by atoms with E-state index in [4.69, 9.17) is 18.9 Å². The second-order valence-corrected chi connectivity index (χ2v) is 7.25. The van der Waals surface area contributed by atoms with Gasteiger partial charge in [0, 0.05) is 11.8 Å². The fourth-order valence-corrected chi connectivity index (χ4v) is 4.10. The predicted molar refractivity (Wildman–Crippen MR) is 86.6 cm³/mol. The molecule has 0 aromatic heterocycles. The summed E-state index contributed by atoms with van der Waals surface area (Å²) in [5.41, 5.74) is 0.291. The molecule has 10 nitrogen and oxygen atoms in total. The van der Waals surface area contributed by atoms with Crippen LogP contribution in [0.5, 0.6) is 0 Å². The average molecular weight is 390 g/mol. The highest BCUT2D eigenvalue weighted by Gasteiger charge is 2.53. The molecule has 0 radical (unpaired) electrons. The van der Waals surface area contributed by atoms with E-state index in [1.165, 1.54) is 13.4 Å². The summed E-state index contributed by atoms with van der Waals surface area (Å²) < 4.78 is 21.4. The minimum absolute atomic E-state index is 0.279. The van der Waals surface area contributed by atoms with Gasteiger partial charge in [-0.15, -0.1) is 0 Å². The number of methoxy groups -OCH3 is 1. The van der Waals surface area contributed by atoms with Crippen molar-refractivity contribution in [2.45, 2.75) is 56.4 Å². The average Bonchev–Trinajstić information content (AvgIpc) is 2.96. The minimum atomic E-state index is -1.58. The minimum Gasteiger partial charge on any atom is -0.472 e. The zero-order valence-corrected chi connectivity index (χ0v) is 15.0. The third-order valence-corrected chi connectivity index (χ3v) is 5.75. The van der Waals surface area contributed by atoms with E-state index in [1.54, 1.807) is 6.92 Å². The molecule has 2 aliphatic heterocycles. The lowest BCUT2D eigenvalue weighted by Gasteiger charge is -2.43. The summed E-state index contributed by atoms with van der Waals surface area (Å²) in [6.45, 7) is 1.21. The molecule has 10 atom stereocenters. The zero-order chi connectivity index (χ0) is 19.9. The Bertz CT molecular complexity index is 578. The Morgan fingerprint density at radius 1 is 1.19 bits per heavy atom. The lowest BCUT2D eigenvalue weighted by atomic mass is 9.83. The molecule has 10 heteroatoms. The zero-order valence-electron chi connectivity index (χ0n) is 15.0. The van der Waals surface area contributed by atoms with E-state index in [0.717, 1.165) is 0 Å². The Kier molecular flexibility index (Phi) is 6.06. The van der Waals surface area contributed by atoms with Gasteiger partial charge >= 0.3 is 5.97 Å². The number of hydrogen-bond donors (Lipinski definition) is 5. The van der Waals surface area contributed by atoms with Crippen molar-refractivity contribution in [3.8, 4) is 0 Å². The molecule has 1 saturated heterocycles. The molecule has 2 fully saturated rings. The quantitative estimate of drug-likeness (QED) is 0.336. The number of carbonyl (C=O) groups excluding carboxylic acids is 1. The number of rotatable bonds is 4. The summed E-state index contributed by atoms with van der Waals surface area (Å²) in [5, 5.41) is 49.4. The van der Waals surface area contributed by atoms with Crippen molar-refractivity contribution in [3.05, 3.63) is 11.8 Å². The molecule has 1 saturated carbocycles. The molecule has 0 bridgehead atoms. The molecule has 0 aromatic carbocycles. The number of aliphatic hydroxyl groups is 5. The van der Waals surface area contributed by atoms with Gasteiger partial charge < -0.3 is 44.5 Å². The Morgan fingerprint density at radius 2 is 1.89 bits per heavy atom. The topological polar surface area (TPSA) is 155 Å². The lowest BCUT2D eigenvalue weighted by Crippen LogP contribution is -2.60. The molecule has 5 N–H and O–H groups in total. The molecule has 0 aromatic rings. The van der Waals surface area contributed by atoms with Crippen molar-refractivity contribution >= 4 is 5.97 Å². The number of hydrogen-bond acceptors (Lipinski definition) is 10. The van der Waals surface area contributed by atoms with Gasteiger partial charge in [0.1, 0.15) is 24.4 Å². The molecule has 0 amide bonds. The number of carbonyl (C=O) groups is 1. The van der Waals surface area contributed by atoms with Crippen LogP contribution in [0.15, 0.2) is 11.8 Å². The van der Waals surface area contributed by atoms with E-state index in [-0.39, 0.29) is 11.8 Å². The summed E-state index contributed by atoms with van der Waals surface area (Å²) in [5.74, 6) is -1.63. The van der Waals surface area contributed by atoms with Crippen molar-refractivity contribution in [2.24, 2.45) is 17.8 Å². The standard InChI is InChI=1S/C17H26O10/c1-6-9(19)3-7-8(15(23)24-2)5-25-16(11(6)7)27-17-14(22)13(21)12(20)10(4-18)26-17/h5-7,9-14,16-22H,3-4H2,1-2H3/t6-,7-,9-,10+,11+,12+,13-,14+,16+,17-/m1/s1. The predicted octanol–water partition coefficient (Wildman–Crippen LogP) is -2.15. The van der Waals surface area contributed by atoms with Crippen LogP contribution in [-0.4, -0.2) is 88.3 Å². The van der Waals surface area contributed by atoms with Crippen molar-refractivity contribution in [3.63, 3.8) is 0 Å². The molecule has 2 heterocycles. The highest BCUT2D eigenvalue weighted by atomic mass is 16.8. The largest absolute Gasteiger partial charge is 0.472 e. The van der Waals surface area contributed by atoms with Gasteiger partial charge in [-0.1, -0.05) is 6.92 Å². The normalized spacial score (nSPS) is 47.0. The first-order valence-corrected chi connectivity index (χ1v) is 8.88. The Balaban J connectivity index is 1.80. The highest BCUT2D eigenvalue weighted by Crippen LogP contribution is 2.47. The fourth-order valence-electron chi connectivity index (χ4n) is 4.10. The van der Waals surface area contributed by atoms with Crippen LogP contribution >= 0.6 is 0 Å². The number of aliphatic hydroxyl groups excluding tert-OH is 5. The van der Waals surface area contributed by atoms with Crippen LogP contribution in [0.1, 0.15) is 13.3 Å². The molecular weight excluding hydrogens is 364 g/mol. The van der Waals surface area contributed by atoms with Crippen LogP contribution < -0.4 is 0 Å². The molecule has 3 aliphatic rings. The van der Waals surface area contributed by atoms with Crippen LogP contribution in [0.2, 0.25) is 0 Å². The van der Waals surface area contributed by atoms with Crippen LogP contribution in [0.3, 0.4) is 0 Å². The molecule has 27 heavy (non-hydrogen) atoms. The van der Waals surface area contributed by atoms with Gasteiger partial charge in [0.05, 0.1) is 31.7 Å². The summed E-state index contributed by atoms with van der Waals surface area (Å²) in [6.07, 6.45) is -7.25. The van der Waals surface area contributed by atoms with Crippen molar-refractivity contribution in [2.75, 3.05) is 13.7 Å². The third-order valence-electron chi connectivity index (χ3n) is 5.75. The number of ether oxygens (including phenoxy) is 4. The fraction of sp³-hybridized carbons (Fsp3) is 0.824. The van der Waals surface area contributed by atoms with Gasteiger partial charge in [0.25, 0.3) is 0 Å². The molecule has 3 rings (SSSR count). The number of fused-ring (bicyclic) bond motifs is 1. The molecular formula is C17H26O10. The van der Waals surface area contributed by atoms with Gasteiger partial charge in [-0.25, -0.2) is 4.79 Å². The van der Waals surface area contributed by atoms with Gasteiger partial charge in [-0.05, 0) is 12.3 Å². The second kappa shape index (κ2) is 8.00. The van der Waals surface area contributed by atoms with Gasteiger partial charge in [0.2, 0.25) is 6.29 Å². The summed E-state index contributed by atoms with van der Waals surface area (Å²) in [4.78, 5) is 12.0. The number of esters is 1. The van der Waals surface area contributed by atoms with Gasteiger partial charge in [-0.3, -0.25) is 0 Å². The summed E-state index contributed by atoms with van der Waals surface area (Å²) in [6, 6.07) is 0. The first-order valence-electron chi connectivity index (χ1n) is 8.88. The van der Waals surface area contributed by atoms with Crippen LogP contribution in [0.4, 0.5) is 0 Å². The van der Waals surface area contributed by atoms with Crippen LogP contribution in [-0.2, 0) is 23.7 Å². The van der Waals surface area contributed by atoms with E-state index in [9.17, 15) is 30.3 Å². The molecule has 154 valence electrons. The van der Waals surface area contributed by atoms with E-state index < -0.39 is 61.6 Å². The second-order valence-electron chi connectivity index (χ2n) is 7.25. The SMILES string of the molecule is COC(=O)C1=CO[C@@H](O[C@H]2O[C@@H](CO)[C@H](O)[C@@H](O)[C@@H]2O)[C@H]2[C@H](C)[C@H](O)C[C@H]12. The van der Waals surface area contributed by atoms with E-state index >= 15 is 0 Å². The van der Waals surface area contributed by atoms with Gasteiger partial charge in [0.15, 0.2) is 6.29 Å². The lowest BCUT2D eigenvalue weighted by molar-refractivity contribution is -0.342. The Morgan fingerprint density at radius 3 is 2.52 bits per heavy atom. The monoisotopic (exact) mass is 390 g/mol. The first kappa shape index (κ1) is 20.5. The molecule has 0 spiro atoms. The van der Waals surface area contributed by atoms with E-state index in [1.807, 2.05) is 0 Å². The summed E-state index contributed by atoms with van der Waals surface area (Å²) >= 11 is 0. The summed E-state index contributed by atoms with van der Waals surface area (Å²) in [7, 11) is 1.25. The van der Waals surface area contributed by atoms with Gasteiger partial charge in [-0.2, -0.15) is 0 Å². The van der Waals surface area contributed by atoms with E-state index in [0.29, 0.717) is 12.0 Å². The van der Waals surface area contributed by atoms with Crippen LogP contribution in [0, 0.1) is 17.8 Å². The maximum absolute atomic E-state index is 12.0. The Hall–Kier alpha value is -1.27. The van der Waals surface area contributed by atoms with Crippen LogP contribution in [0.25, 0.3) is 0 Å². The maximum atomic E-state index is 12.0.